The highest BCUT2D eigenvalue weighted by Gasteiger charge is 2.08. The molecule has 0 unspecified atom stereocenters. The van der Waals surface area contributed by atoms with E-state index in [9.17, 15) is 5.11 Å². The monoisotopic (exact) mass is 279 g/mol. The van der Waals surface area contributed by atoms with Crippen LogP contribution < -0.4 is 4.74 Å². The minimum atomic E-state index is 0.00198. The highest BCUT2D eigenvalue weighted by atomic mass is 16.5. The van der Waals surface area contributed by atoms with E-state index in [-0.39, 0.29) is 6.61 Å². The topological polar surface area (TPSA) is 42.4 Å². The van der Waals surface area contributed by atoms with E-state index in [4.69, 9.17) is 4.74 Å². The predicted molar refractivity (Wildman–Crippen MR) is 83.2 cm³/mol. The molecule has 0 radical (unpaired) electrons. The molecule has 0 amide bonds. The molecule has 0 aliphatic carbocycles. The van der Waals surface area contributed by atoms with E-state index in [1.165, 1.54) is 0 Å². The number of benzene rings is 2. The van der Waals surface area contributed by atoms with Gasteiger partial charge in [0.15, 0.2) is 0 Å². The second kappa shape index (κ2) is 5.94. The maximum atomic E-state index is 9.49. The zero-order valence-electron chi connectivity index (χ0n) is 11.9. The van der Waals surface area contributed by atoms with Gasteiger partial charge in [-0.05, 0) is 30.2 Å². The first-order valence-corrected chi connectivity index (χ1v) is 6.95. The van der Waals surface area contributed by atoms with E-state index in [0.29, 0.717) is 6.61 Å². The number of aryl methyl sites for hydroxylation is 1. The summed E-state index contributed by atoms with van der Waals surface area (Å²) in [5.74, 6) is 0.745. The lowest BCUT2D eigenvalue weighted by Crippen LogP contribution is -1.98. The van der Waals surface area contributed by atoms with Gasteiger partial charge in [-0.25, -0.2) is 4.98 Å². The summed E-state index contributed by atoms with van der Waals surface area (Å²) >= 11 is 0. The molecule has 0 saturated carbocycles. The van der Waals surface area contributed by atoms with Crippen molar-refractivity contribution < 1.29 is 9.84 Å². The third-order valence-corrected chi connectivity index (χ3v) is 3.42. The maximum absolute atomic E-state index is 9.49. The van der Waals surface area contributed by atoms with Crippen LogP contribution in [0, 0.1) is 6.92 Å². The Labute approximate surface area is 123 Å². The second-order valence-electron chi connectivity index (χ2n) is 5.01. The molecule has 0 bridgehead atoms. The molecule has 21 heavy (non-hydrogen) atoms. The Morgan fingerprint density at radius 2 is 1.86 bits per heavy atom. The van der Waals surface area contributed by atoms with Crippen molar-refractivity contribution in [3.8, 4) is 5.75 Å². The van der Waals surface area contributed by atoms with E-state index in [1.807, 2.05) is 61.5 Å². The van der Waals surface area contributed by atoms with Crippen molar-refractivity contribution in [3.63, 3.8) is 0 Å². The van der Waals surface area contributed by atoms with Crippen molar-refractivity contribution in [2.24, 2.45) is 0 Å². The predicted octanol–water partition coefficient (Wildman–Crippen LogP) is 3.61. The second-order valence-corrected chi connectivity index (χ2v) is 5.01. The van der Waals surface area contributed by atoms with Crippen molar-refractivity contribution in [2.45, 2.75) is 20.1 Å². The number of pyridine rings is 1. The number of hydrogen-bond acceptors (Lipinski definition) is 3. The number of para-hydroxylation sites is 1. The lowest BCUT2D eigenvalue weighted by atomic mass is 10.1. The van der Waals surface area contributed by atoms with Gasteiger partial charge in [0, 0.05) is 11.1 Å². The molecule has 3 nitrogen and oxygen atoms in total. The summed E-state index contributed by atoms with van der Waals surface area (Å²) in [6, 6.07) is 17.7. The number of nitrogens with zero attached hydrogens (tertiary/aromatic N) is 1. The zero-order valence-corrected chi connectivity index (χ0v) is 11.9. The SMILES string of the molecule is Cc1cc(CO)c2cccc(OCc3ccccc3)c2n1. The fourth-order valence-electron chi connectivity index (χ4n) is 2.42. The molecule has 1 aromatic heterocycles. The molecule has 0 spiro atoms. The molecule has 2 aromatic carbocycles. The fourth-order valence-corrected chi connectivity index (χ4v) is 2.42. The Balaban J connectivity index is 1.97. The molecule has 0 saturated heterocycles. The summed E-state index contributed by atoms with van der Waals surface area (Å²) in [4.78, 5) is 4.56. The van der Waals surface area contributed by atoms with Gasteiger partial charge in [0.1, 0.15) is 17.9 Å². The van der Waals surface area contributed by atoms with Crippen LogP contribution in [0.4, 0.5) is 0 Å². The third-order valence-electron chi connectivity index (χ3n) is 3.42. The van der Waals surface area contributed by atoms with E-state index < -0.39 is 0 Å². The smallest absolute Gasteiger partial charge is 0.146 e. The van der Waals surface area contributed by atoms with Crippen molar-refractivity contribution >= 4 is 10.9 Å². The minimum absolute atomic E-state index is 0.00198. The van der Waals surface area contributed by atoms with E-state index >= 15 is 0 Å². The van der Waals surface area contributed by atoms with Gasteiger partial charge < -0.3 is 9.84 Å². The van der Waals surface area contributed by atoms with E-state index in [1.54, 1.807) is 0 Å². The molecule has 0 atom stereocenters. The third kappa shape index (κ3) is 2.88. The van der Waals surface area contributed by atoms with E-state index in [0.717, 1.165) is 33.5 Å². The molecule has 0 aliphatic heterocycles. The lowest BCUT2D eigenvalue weighted by Gasteiger charge is -2.11. The van der Waals surface area contributed by atoms with Gasteiger partial charge in [0.25, 0.3) is 0 Å². The van der Waals surface area contributed by atoms with Crippen LogP contribution >= 0.6 is 0 Å². The number of hydrogen-bond donors (Lipinski definition) is 1. The van der Waals surface area contributed by atoms with Crippen LogP contribution in [0.3, 0.4) is 0 Å². The van der Waals surface area contributed by atoms with Crippen molar-refractivity contribution in [1.82, 2.24) is 4.98 Å². The number of aromatic nitrogens is 1. The number of rotatable bonds is 4. The Morgan fingerprint density at radius 1 is 1.05 bits per heavy atom. The molecule has 3 aromatic rings. The van der Waals surface area contributed by atoms with Crippen LogP contribution in [-0.4, -0.2) is 10.1 Å². The molecular formula is C18H17NO2. The summed E-state index contributed by atoms with van der Waals surface area (Å²) in [7, 11) is 0. The van der Waals surface area contributed by atoms with Crippen LogP contribution in [0.1, 0.15) is 16.8 Å². The Morgan fingerprint density at radius 3 is 2.62 bits per heavy atom. The average molecular weight is 279 g/mol. The van der Waals surface area contributed by atoms with Gasteiger partial charge in [-0.1, -0.05) is 42.5 Å². The summed E-state index contributed by atoms with van der Waals surface area (Å²) in [5.41, 5.74) is 3.67. The maximum Gasteiger partial charge on any atom is 0.146 e. The van der Waals surface area contributed by atoms with Gasteiger partial charge in [-0.15, -0.1) is 0 Å². The summed E-state index contributed by atoms with van der Waals surface area (Å²) in [6.45, 7) is 2.43. The van der Waals surface area contributed by atoms with Crippen LogP contribution in [0.25, 0.3) is 10.9 Å². The normalized spacial score (nSPS) is 10.8. The largest absolute Gasteiger partial charge is 0.487 e. The molecule has 3 rings (SSSR count). The first-order chi connectivity index (χ1) is 10.3. The molecule has 0 aliphatic rings. The van der Waals surface area contributed by atoms with Crippen LogP contribution in [-0.2, 0) is 13.2 Å². The fraction of sp³-hybridized carbons (Fsp3) is 0.167. The molecule has 106 valence electrons. The van der Waals surface area contributed by atoms with E-state index in [2.05, 4.69) is 4.98 Å². The quantitative estimate of drug-likeness (QED) is 0.793. The van der Waals surface area contributed by atoms with Crippen molar-refractivity contribution in [3.05, 3.63) is 71.4 Å². The standard InChI is InChI=1S/C18H17NO2/c1-13-10-15(11-20)16-8-5-9-17(18(16)19-13)21-12-14-6-3-2-4-7-14/h2-10,20H,11-12H2,1H3. The van der Waals surface area contributed by atoms with Gasteiger partial charge in [-0.2, -0.15) is 0 Å². The number of aliphatic hydroxyl groups is 1. The van der Waals surface area contributed by atoms with Crippen molar-refractivity contribution in [1.29, 1.82) is 0 Å². The van der Waals surface area contributed by atoms with Gasteiger partial charge >= 0.3 is 0 Å². The number of ether oxygens (including phenoxy) is 1. The zero-order chi connectivity index (χ0) is 14.7. The first-order valence-electron chi connectivity index (χ1n) is 6.95. The Kier molecular flexibility index (Phi) is 3.84. The highest BCUT2D eigenvalue weighted by Crippen LogP contribution is 2.27. The van der Waals surface area contributed by atoms with Gasteiger partial charge in [0.05, 0.1) is 6.61 Å². The molecule has 1 heterocycles. The summed E-state index contributed by atoms with van der Waals surface area (Å²) in [6.07, 6.45) is 0. The van der Waals surface area contributed by atoms with Crippen LogP contribution in [0.2, 0.25) is 0 Å². The summed E-state index contributed by atoms with van der Waals surface area (Å²) in [5, 5.41) is 10.4. The number of fused-ring (bicyclic) bond motifs is 1. The molecular weight excluding hydrogens is 262 g/mol. The lowest BCUT2D eigenvalue weighted by molar-refractivity contribution is 0.283. The first kappa shape index (κ1) is 13.6. The average Bonchev–Trinajstić information content (AvgIpc) is 2.53. The Hall–Kier alpha value is -2.39. The molecule has 3 heteroatoms. The molecule has 1 N–H and O–H groups in total. The summed E-state index contributed by atoms with van der Waals surface area (Å²) < 4.78 is 5.92. The van der Waals surface area contributed by atoms with Crippen LogP contribution in [0.15, 0.2) is 54.6 Å². The van der Waals surface area contributed by atoms with Gasteiger partial charge in [0.2, 0.25) is 0 Å². The minimum Gasteiger partial charge on any atom is -0.487 e. The molecule has 0 fully saturated rings. The van der Waals surface area contributed by atoms with Crippen LogP contribution in [0.5, 0.6) is 5.75 Å². The highest BCUT2D eigenvalue weighted by molar-refractivity contribution is 5.87. The number of aliphatic hydroxyl groups excluding tert-OH is 1. The Bertz CT molecular complexity index is 754. The van der Waals surface area contributed by atoms with Gasteiger partial charge in [-0.3, -0.25) is 0 Å². The van der Waals surface area contributed by atoms with Crippen molar-refractivity contribution in [2.75, 3.05) is 0 Å².